The van der Waals surface area contributed by atoms with E-state index in [0.29, 0.717) is 23.4 Å². The smallest absolute Gasteiger partial charge is 0.133 e. The Hall–Kier alpha value is -0.840. The van der Waals surface area contributed by atoms with E-state index in [1.807, 2.05) is 6.07 Å². The summed E-state index contributed by atoms with van der Waals surface area (Å²) >= 11 is 5.91. The first kappa shape index (κ1) is 11.6. The minimum absolute atomic E-state index is 0.0121. The van der Waals surface area contributed by atoms with Crippen LogP contribution in [0.5, 0.6) is 5.75 Å². The molecule has 1 aliphatic heterocycles. The fraction of sp³-hybridized carbons (Fsp3) is 0.545. The van der Waals surface area contributed by atoms with Gasteiger partial charge in [0.05, 0.1) is 18.9 Å². The summed E-state index contributed by atoms with van der Waals surface area (Å²) in [6.45, 7) is 1.71. The third-order valence-corrected chi connectivity index (χ3v) is 2.69. The van der Waals surface area contributed by atoms with Crippen molar-refractivity contribution < 1.29 is 14.6 Å². The Balaban J connectivity index is 2.14. The zero-order chi connectivity index (χ0) is 11.4. The van der Waals surface area contributed by atoms with E-state index in [9.17, 15) is 0 Å². The highest BCUT2D eigenvalue weighted by Crippen LogP contribution is 2.28. The van der Waals surface area contributed by atoms with Crippen molar-refractivity contribution in [2.24, 2.45) is 0 Å². The van der Waals surface area contributed by atoms with Crippen LogP contribution in [0.4, 0.5) is 0 Å². The number of hydrogen-bond acceptors (Lipinski definition) is 4. The van der Waals surface area contributed by atoms with E-state index in [4.69, 9.17) is 26.2 Å². The zero-order valence-electron chi connectivity index (χ0n) is 8.86. The third-order valence-electron chi connectivity index (χ3n) is 2.50. The van der Waals surface area contributed by atoms with E-state index in [-0.39, 0.29) is 13.2 Å². The Labute approximate surface area is 99.2 Å². The zero-order valence-corrected chi connectivity index (χ0v) is 9.61. The first-order valence-corrected chi connectivity index (χ1v) is 5.66. The van der Waals surface area contributed by atoms with Crippen LogP contribution in [0.3, 0.4) is 0 Å². The lowest BCUT2D eigenvalue weighted by Gasteiger charge is -2.10. The molecule has 5 heteroatoms. The van der Waals surface area contributed by atoms with Gasteiger partial charge in [0.2, 0.25) is 0 Å². The summed E-state index contributed by atoms with van der Waals surface area (Å²) in [4.78, 5) is 4.27. The number of rotatable bonds is 4. The maximum absolute atomic E-state index is 8.68. The number of aromatic nitrogens is 1. The third kappa shape index (κ3) is 2.84. The summed E-state index contributed by atoms with van der Waals surface area (Å²) < 4.78 is 10.6. The van der Waals surface area contributed by atoms with Crippen LogP contribution in [-0.2, 0) is 4.74 Å². The largest absolute Gasteiger partial charge is 0.491 e. The lowest BCUT2D eigenvalue weighted by Crippen LogP contribution is -2.05. The summed E-state index contributed by atoms with van der Waals surface area (Å²) in [7, 11) is 0. The maximum atomic E-state index is 8.68. The van der Waals surface area contributed by atoms with E-state index in [0.717, 1.165) is 18.7 Å². The number of ether oxygens (including phenoxy) is 2. The molecule has 0 aliphatic carbocycles. The Bertz CT molecular complexity index is 353. The molecule has 1 unspecified atom stereocenters. The van der Waals surface area contributed by atoms with Crippen LogP contribution in [0.1, 0.15) is 18.0 Å². The van der Waals surface area contributed by atoms with E-state index < -0.39 is 0 Å². The fourth-order valence-electron chi connectivity index (χ4n) is 1.72. The Morgan fingerprint density at radius 1 is 1.56 bits per heavy atom. The monoisotopic (exact) mass is 243 g/mol. The van der Waals surface area contributed by atoms with Crippen molar-refractivity contribution in [3.8, 4) is 5.75 Å². The van der Waals surface area contributed by atoms with Crippen LogP contribution >= 0.6 is 11.6 Å². The number of aliphatic hydroxyl groups is 1. The van der Waals surface area contributed by atoms with Crippen molar-refractivity contribution in [3.05, 3.63) is 23.0 Å². The molecule has 0 amide bonds. The van der Waals surface area contributed by atoms with Crippen molar-refractivity contribution in [1.29, 1.82) is 0 Å². The molecule has 1 saturated heterocycles. The van der Waals surface area contributed by atoms with Gasteiger partial charge in [-0.25, -0.2) is 4.98 Å². The second kappa shape index (κ2) is 5.48. The topological polar surface area (TPSA) is 51.6 Å². The molecule has 2 rings (SSSR count). The van der Waals surface area contributed by atoms with Gasteiger partial charge in [-0.1, -0.05) is 11.6 Å². The second-order valence-corrected chi connectivity index (χ2v) is 4.07. The predicted molar refractivity (Wildman–Crippen MR) is 60.0 cm³/mol. The molecule has 1 fully saturated rings. The SMILES string of the molecule is OCCOc1cc(Cl)nc(C2CCOC2)c1. The summed E-state index contributed by atoms with van der Waals surface area (Å²) in [5.41, 5.74) is 0.901. The number of aliphatic hydroxyl groups excluding tert-OH is 1. The summed E-state index contributed by atoms with van der Waals surface area (Å²) in [6, 6.07) is 3.51. The van der Waals surface area contributed by atoms with Crippen molar-refractivity contribution in [3.63, 3.8) is 0 Å². The Kier molecular flexibility index (Phi) is 3.98. The van der Waals surface area contributed by atoms with Gasteiger partial charge in [-0.2, -0.15) is 0 Å². The molecular formula is C11H14ClNO3. The fourth-order valence-corrected chi connectivity index (χ4v) is 1.92. The summed E-state index contributed by atoms with van der Waals surface area (Å²) in [6.07, 6.45) is 0.965. The van der Waals surface area contributed by atoms with Gasteiger partial charge in [0, 0.05) is 24.7 Å². The lowest BCUT2D eigenvalue weighted by molar-refractivity contribution is 0.193. The van der Waals surface area contributed by atoms with Crippen molar-refractivity contribution >= 4 is 11.6 Å². The molecule has 1 aliphatic rings. The molecule has 0 bridgehead atoms. The van der Waals surface area contributed by atoms with Gasteiger partial charge in [0.25, 0.3) is 0 Å². The van der Waals surface area contributed by atoms with E-state index in [1.54, 1.807) is 6.07 Å². The van der Waals surface area contributed by atoms with Gasteiger partial charge >= 0.3 is 0 Å². The van der Waals surface area contributed by atoms with Crippen LogP contribution < -0.4 is 4.74 Å². The van der Waals surface area contributed by atoms with Gasteiger partial charge in [-0.3, -0.25) is 0 Å². The van der Waals surface area contributed by atoms with Gasteiger partial charge in [0.1, 0.15) is 17.5 Å². The van der Waals surface area contributed by atoms with Crippen molar-refractivity contribution in [2.75, 3.05) is 26.4 Å². The van der Waals surface area contributed by atoms with Gasteiger partial charge < -0.3 is 14.6 Å². The van der Waals surface area contributed by atoms with Gasteiger partial charge in [-0.05, 0) is 6.42 Å². The van der Waals surface area contributed by atoms with E-state index >= 15 is 0 Å². The minimum Gasteiger partial charge on any atom is -0.491 e. The first-order chi connectivity index (χ1) is 7.79. The van der Waals surface area contributed by atoms with Crippen LogP contribution in [0.2, 0.25) is 5.15 Å². The van der Waals surface area contributed by atoms with Crippen molar-refractivity contribution in [1.82, 2.24) is 4.98 Å². The van der Waals surface area contributed by atoms with E-state index in [2.05, 4.69) is 4.98 Å². The highest BCUT2D eigenvalue weighted by atomic mass is 35.5. The number of nitrogens with zero attached hydrogens (tertiary/aromatic N) is 1. The minimum atomic E-state index is -0.0121. The van der Waals surface area contributed by atoms with Gasteiger partial charge in [-0.15, -0.1) is 0 Å². The molecule has 1 aromatic rings. The van der Waals surface area contributed by atoms with Crippen LogP contribution in [0.25, 0.3) is 0 Å². The molecule has 0 aromatic carbocycles. The average Bonchev–Trinajstić information content (AvgIpc) is 2.79. The lowest BCUT2D eigenvalue weighted by atomic mass is 10.0. The molecule has 0 saturated carbocycles. The average molecular weight is 244 g/mol. The predicted octanol–water partition coefficient (Wildman–Crippen LogP) is 1.61. The Morgan fingerprint density at radius 2 is 2.44 bits per heavy atom. The molecule has 4 nitrogen and oxygen atoms in total. The Morgan fingerprint density at radius 3 is 3.12 bits per heavy atom. The van der Waals surface area contributed by atoms with Crippen molar-refractivity contribution in [2.45, 2.75) is 12.3 Å². The van der Waals surface area contributed by atoms with Crippen LogP contribution in [0.15, 0.2) is 12.1 Å². The molecule has 0 radical (unpaired) electrons. The highest BCUT2D eigenvalue weighted by molar-refractivity contribution is 6.29. The summed E-state index contributed by atoms with van der Waals surface area (Å²) in [5, 5.41) is 9.10. The van der Waals surface area contributed by atoms with Crippen LogP contribution in [-0.4, -0.2) is 36.5 Å². The molecule has 2 heterocycles. The maximum Gasteiger partial charge on any atom is 0.133 e. The number of halogens is 1. The molecule has 16 heavy (non-hydrogen) atoms. The van der Waals surface area contributed by atoms with Gasteiger partial charge in [0.15, 0.2) is 0 Å². The quantitative estimate of drug-likeness (QED) is 0.817. The molecule has 0 spiro atoms. The number of hydrogen-bond donors (Lipinski definition) is 1. The second-order valence-electron chi connectivity index (χ2n) is 3.68. The number of pyridine rings is 1. The molecule has 88 valence electrons. The summed E-state index contributed by atoms with van der Waals surface area (Å²) in [5.74, 6) is 0.950. The van der Waals surface area contributed by atoms with Crippen LogP contribution in [0, 0.1) is 0 Å². The molecule has 1 aromatic heterocycles. The van der Waals surface area contributed by atoms with E-state index in [1.165, 1.54) is 0 Å². The normalized spacial score (nSPS) is 20.0. The highest BCUT2D eigenvalue weighted by Gasteiger charge is 2.20. The first-order valence-electron chi connectivity index (χ1n) is 5.28. The standard InChI is InChI=1S/C11H14ClNO3/c12-11-6-9(16-4-2-14)5-10(13-11)8-1-3-15-7-8/h5-6,8,14H,1-4,7H2. The molecule has 1 atom stereocenters. The molecular weight excluding hydrogens is 230 g/mol. The molecule has 1 N–H and O–H groups in total.